The Morgan fingerprint density at radius 2 is 1.95 bits per heavy atom. The van der Waals surface area contributed by atoms with Gasteiger partial charge in [-0.05, 0) is 49.3 Å². The number of nitrogens with one attached hydrogen (secondary N) is 1. The predicted octanol–water partition coefficient (Wildman–Crippen LogP) is 4.61. The molecule has 2 fully saturated rings. The molecule has 0 bridgehead atoms. The highest BCUT2D eigenvalue weighted by atomic mass is 35.5. The van der Waals surface area contributed by atoms with Gasteiger partial charge in [-0.25, -0.2) is 0 Å². The maximum Gasteiger partial charge on any atom is 0.0426 e. The van der Waals surface area contributed by atoms with Crippen LogP contribution < -0.4 is 10.2 Å². The van der Waals surface area contributed by atoms with E-state index in [1.807, 2.05) is 6.07 Å². The Morgan fingerprint density at radius 3 is 2.67 bits per heavy atom. The summed E-state index contributed by atoms with van der Waals surface area (Å²) < 4.78 is 0. The van der Waals surface area contributed by atoms with Crippen LogP contribution in [0.3, 0.4) is 0 Å². The molecule has 1 aromatic rings. The fraction of sp³-hybridized carbons (Fsp3) is 0.667. The monoisotopic (exact) mass is 306 g/mol. The summed E-state index contributed by atoms with van der Waals surface area (Å²) in [6, 6.07) is 7.75. The number of hydrogen-bond acceptors (Lipinski definition) is 2. The molecule has 3 rings (SSSR count). The van der Waals surface area contributed by atoms with Crippen LogP contribution in [-0.4, -0.2) is 19.1 Å². The van der Waals surface area contributed by atoms with Crippen LogP contribution in [0.5, 0.6) is 0 Å². The molecule has 0 spiro atoms. The fourth-order valence-electron chi connectivity index (χ4n) is 3.61. The van der Waals surface area contributed by atoms with Gasteiger partial charge in [0.2, 0.25) is 0 Å². The topological polar surface area (TPSA) is 15.3 Å². The zero-order chi connectivity index (χ0) is 14.8. The first-order valence-corrected chi connectivity index (χ1v) is 8.77. The van der Waals surface area contributed by atoms with Gasteiger partial charge in [0.25, 0.3) is 0 Å². The number of anilines is 1. The molecule has 0 radical (unpaired) electrons. The first-order chi connectivity index (χ1) is 10.1. The van der Waals surface area contributed by atoms with E-state index < -0.39 is 0 Å². The molecule has 0 heterocycles. The minimum absolute atomic E-state index is 0.650. The minimum Gasteiger partial charge on any atom is -0.371 e. The Labute approximate surface area is 133 Å². The van der Waals surface area contributed by atoms with Gasteiger partial charge in [-0.2, -0.15) is 0 Å². The molecule has 1 N–H and O–H groups in total. The van der Waals surface area contributed by atoms with Crippen molar-refractivity contribution in [3.8, 4) is 0 Å². The summed E-state index contributed by atoms with van der Waals surface area (Å²) in [6.45, 7) is 3.36. The molecule has 0 aliphatic heterocycles. The van der Waals surface area contributed by atoms with E-state index in [-0.39, 0.29) is 0 Å². The highest BCUT2D eigenvalue weighted by Gasteiger charge is 2.27. The Hall–Kier alpha value is -0.730. The number of rotatable bonds is 5. The van der Waals surface area contributed by atoms with Gasteiger partial charge in [-0.15, -0.1) is 0 Å². The summed E-state index contributed by atoms with van der Waals surface area (Å²) in [4.78, 5) is 2.49. The molecule has 0 aromatic heterocycles. The third-order valence-electron chi connectivity index (χ3n) is 5.15. The van der Waals surface area contributed by atoms with Crippen LogP contribution in [0.2, 0.25) is 5.02 Å². The van der Waals surface area contributed by atoms with E-state index in [1.54, 1.807) is 0 Å². The summed E-state index contributed by atoms with van der Waals surface area (Å²) in [6.07, 6.45) is 8.06. The molecule has 2 atom stereocenters. The maximum absolute atomic E-state index is 6.26. The summed E-state index contributed by atoms with van der Waals surface area (Å²) in [7, 11) is 2.25. The smallest absolute Gasteiger partial charge is 0.0426 e. The van der Waals surface area contributed by atoms with E-state index in [0.717, 1.165) is 23.5 Å². The van der Waals surface area contributed by atoms with Crippen molar-refractivity contribution in [3.63, 3.8) is 0 Å². The number of nitrogens with zero attached hydrogens (tertiary/aromatic N) is 1. The summed E-state index contributed by atoms with van der Waals surface area (Å²) >= 11 is 6.26. The van der Waals surface area contributed by atoms with Gasteiger partial charge in [0.05, 0.1) is 0 Å². The van der Waals surface area contributed by atoms with E-state index in [4.69, 9.17) is 11.6 Å². The Bertz CT molecular complexity index is 484. The predicted molar refractivity (Wildman–Crippen MR) is 91.1 cm³/mol. The Kier molecular flexibility index (Phi) is 4.75. The van der Waals surface area contributed by atoms with E-state index in [2.05, 4.69) is 36.3 Å². The van der Waals surface area contributed by atoms with Crippen molar-refractivity contribution in [1.29, 1.82) is 0 Å². The zero-order valence-corrected chi connectivity index (χ0v) is 14.0. The second kappa shape index (κ2) is 6.58. The molecule has 3 heteroatoms. The molecule has 2 saturated carbocycles. The largest absolute Gasteiger partial charge is 0.371 e. The van der Waals surface area contributed by atoms with Crippen molar-refractivity contribution in [1.82, 2.24) is 5.32 Å². The summed E-state index contributed by atoms with van der Waals surface area (Å²) in [5.74, 6) is 0.770. The summed E-state index contributed by atoms with van der Waals surface area (Å²) in [5.41, 5.74) is 2.70. The van der Waals surface area contributed by atoms with Crippen molar-refractivity contribution < 1.29 is 0 Å². The van der Waals surface area contributed by atoms with Crippen molar-refractivity contribution in [3.05, 3.63) is 28.8 Å². The van der Waals surface area contributed by atoms with Crippen molar-refractivity contribution in [2.24, 2.45) is 5.92 Å². The maximum atomic E-state index is 6.26. The molecule has 0 saturated heterocycles. The number of benzene rings is 1. The van der Waals surface area contributed by atoms with E-state index in [0.29, 0.717) is 6.04 Å². The zero-order valence-electron chi connectivity index (χ0n) is 13.2. The quantitative estimate of drug-likeness (QED) is 0.855. The highest BCUT2D eigenvalue weighted by molar-refractivity contribution is 6.30. The third kappa shape index (κ3) is 3.73. The Morgan fingerprint density at radius 1 is 1.19 bits per heavy atom. The SMILES string of the molecule is CC1CCCCC1N(C)c1cc(Cl)ccc1CNC1CC1. The second-order valence-electron chi connectivity index (χ2n) is 6.87. The normalized spacial score (nSPS) is 25.9. The van der Waals surface area contributed by atoms with Crippen molar-refractivity contribution in [2.45, 2.75) is 64.1 Å². The molecule has 0 amide bonds. The molecule has 2 aliphatic carbocycles. The lowest BCUT2D eigenvalue weighted by atomic mass is 9.84. The molecule has 2 aliphatic rings. The minimum atomic E-state index is 0.650. The Balaban J connectivity index is 1.78. The van der Waals surface area contributed by atoms with Crippen molar-refractivity contribution >= 4 is 17.3 Å². The first kappa shape index (κ1) is 15.2. The van der Waals surface area contributed by atoms with Crippen LogP contribution in [0.25, 0.3) is 0 Å². The average Bonchev–Trinajstić information content (AvgIpc) is 3.30. The van der Waals surface area contributed by atoms with Gasteiger partial charge < -0.3 is 10.2 Å². The molecular formula is C18H27ClN2. The lowest BCUT2D eigenvalue weighted by Gasteiger charge is -2.38. The number of halogens is 1. The van der Waals surface area contributed by atoms with E-state index >= 15 is 0 Å². The van der Waals surface area contributed by atoms with Gasteiger partial charge in [0, 0.05) is 36.4 Å². The third-order valence-corrected chi connectivity index (χ3v) is 5.38. The van der Waals surface area contributed by atoms with E-state index in [1.165, 1.54) is 49.8 Å². The molecule has 2 nitrogen and oxygen atoms in total. The van der Waals surface area contributed by atoms with Crippen LogP contribution in [0.1, 0.15) is 51.0 Å². The van der Waals surface area contributed by atoms with Crippen molar-refractivity contribution in [2.75, 3.05) is 11.9 Å². The van der Waals surface area contributed by atoms with Gasteiger partial charge in [-0.1, -0.05) is 37.4 Å². The van der Waals surface area contributed by atoms with Gasteiger partial charge in [0.1, 0.15) is 0 Å². The first-order valence-electron chi connectivity index (χ1n) is 8.40. The lowest BCUT2D eigenvalue weighted by molar-refractivity contribution is 0.321. The molecular weight excluding hydrogens is 280 g/mol. The van der Waals surface area contributed by atoms with Gasteiger partial charge in [-0.3, -0.25) is 0 Å². The average molecular weight is 307 g/mol. The lowest BCUT2D eigenvalue weighted by Crippen LogP contribution is -2.39. The van der Waals surface area contributed by atoms with Crippen LogP contribution in [-0.2, 0) is 6.54 Å². The molecule has 21 heavy (non-hydrogen) atoms. The second-order valence-corrected chi connectivity index (χ2v) is 7.30. The van der Waals surface area contributed by atoms with Crippen LogP contribution in [0.15, 0.2) is 18.2 Å². The molecule has 116 valence electrons. The van der Waals surface area contributed by atoms with Crippen LogP contribution >= 0.6 is 11.6 Å². The molecule has 1 aromatic carbocycles. The highest BCUT2D eigenvalue weighted by Crippen LogP contribution is 2.33. The summed E-state index contributed by atoms with van der Waals surface area (Å²) in [5, 5.41) is 4.48. The standard InChI is InChI=1S/C18H27ClN2/c1-13-5-3-4-6-17(13)21(2)18-11-15(19)8-7-14(18)12-20-16-9-10-16/h7-8,11,13,16-17,20H,3-6,9-10,12H2,1-2H3. The van der Waals surface area contributed by atoms with E-state index in [9.17, 15) is 0 Å². The molecule has 2 unspecified atom stereocenters. The van der Waals surface area contributed by atoms with Crippen LogP contribution in [0, 0.1) is 5.92 Å². The van der Waals surface area contributed by atoms with Gasteiger partial charge in [0.15, 0.2) is 0 Å². The fourth-order valence-corrected chi connectivity index (χ4v) is 3.77. The van der Waals surface area contributed by atoms with Gasteiger partial charge >= 0.3 is 0 Å². The number of hydrogen-bond donors (Lipinski definition) is 1. The van der Waals surface area contributed by atoms with Crippen LogP contribution in [0.4, 0.5) is 5.69 Å².